The van der Waals surface area contributed by atoms with Crippen molar-refractivity contribution in [3.63, 3.8) is 0 Å². The van der Waals surface area contributed by atoms with E-state index in [1.165, 1.54) is 4.68 Å². The van der Waals surface area contributed by atoms with Gasteiger partial charge in [-0.15, -0.1) is 0 Å². The predicted octanol–water partition coefficient (Wildman–Crippen LogP) is 3.48. The lowest BCUT2D eigenvalue weighted by Gasteiger charge is -2.08. The summed E-state index contributed by atoms with van der Waals surface area (Å²) in [5.41, 5.74) is 2.60. The number of hydrogen-bond acceptors (Lipinski definition) is 4. The molecule has 7 heteroatoms. The van der Waals surface area contributed by atoms with E-state index in [1.807, 2.05) is 30.3 Å². The van der Waals surface area contributed by atoms with Gasteiger partial charge >= 0.3 is 5.97 Å². The van der Waals surface area contributed by atoms with Crippen LogP contribution in [-0.4, -0.2) is 27.8 Å². The fourth-order valence-electron chi connectivity index (χ4n) is 3.35. The highest BCUT2D eigenvalue weighted by Gasteiger charge is 2.19. The van der Waals surface area contributed by atoms with Crippen LogP contribution >= 0.6 is 0 Å². The molecule has 0 saturated carbocycles. The summed E-state index contributed by atoms with van der Waals surface area (Å²) in [5, 5.41) is 2.58. The number of para-hydroxylation sites is 1. The van der Waals surface area contributed by atoms with Gasteiger partial charge in [0.2, 0.25) is 0 Å². The van der Waals surface area contributed by atoms with Crippen LogP contribution in [0.25, 0.3) is 5.69 Å². The SMILES string of the molecule is Cc1c(NC(=O)COC(=O)c2ccc(CC(C)C)cc2)c(=O)n(-c2ccccc2)n1C. The number of carbonyl (C=O) groups is 2. The molecule has 1 N–H and O–H groups in total. The van der Waals surface area contributed by atoms with Crippen LogP contribution in [0.4, 0.5) is 5.69 Å². The van der Waals surface area contributed by atoms with Crippen molar-refractivity contribution in [3.8, 4) is 5.69 Å². The number of rotatable bonds is 7. The first-order valence-electron chi connectivity index (χ1n) is 10.2. The van der Waals surface area contributed by atoms with E-state index in [-0.39, 0.29) is 11.2 Å². The number of nitrogens with zero attached hydrogens (tertiary/aromatic N) is 2. The van der Waals surface area contributed by atoms with Crippen molar-refractivity contribution in [2.45, 2.75) is 27.2 Å². The van der Waals surface area contributed by atoms with Crippen molar-refractivity contribution in [3.05, 3.63) is 81.8 Å². The Kier molecular flexibility index (Phi) is 6.74. The Balaban J connectivity index is 1.65. The monoisotopic (exact) mass is 421 g/mol. The molecule has 0 aliphatic carbocycles. The molecule has 1 aromatic heterocycles. The fourth-order valence-corrected chi connectivity index (χ4v) is 3.35. The summed E-state index contributed by atoms with van der Waals surface area (Å²) in [7, 11) is 1.74. The highest BCUT2D eigenvalue weighted by atomic mass is 16.5. The lowest BCUT2D eigenvalue weighted by atomic mass is 10.0. The summed E-state index contributed by atoms with van der Waals surface area (Å²) in [4.78, 5) is 37.4. The summed E-state index contributed by atoms with van der Waals surface area (Å²) in [5.74, 6) is -0.636. The molecule has 0 fully saturated rings. The minimum Gasteiger partial charge on any atom is -0.452 e. The van der Waals surface area contributed by atoms with E-state index in [0.717, 1.165) is 12.0 Å². The van der Waals surface area contributed by atoms with Crippen LogP contribution in [0.5, 0.6) is 0 Å². The molecule has 0 spiro atoms. The molecule has 0 aliphatic rings. The number of carbonyl (C=O) groups excluding carboxylic acids is 2. The largest absolute Gasteiger partial charge is 0.452 e. The van der Waals surface area contributed by atoms with Crippen LogP contribution in [0.3, 0.4) is 0 Å². The van der Waals surface area contributed by atoms with Gasteiger partial charge < -0.3 is 10.1 Å². The summed E-state index contributed by atoms with van der Waals surface area (Å²) in [6.45, 7) is 5.51. The van der Waals surface area contributed by atoms with E-state index in [9.17, 15) is 14.4 Å². The van der Waals surface area contributed by atoms with Crippen LogP contribution in [0.1, 0.15) is 35.5 Å². The fraction of sp³-hybridized carbons (Fsp3) is 0.292. The molecule has 162 valence electrons. The van der Waals surface area contributed by atoms with E-state index in [2.05, 4.69) is 19.2 Å². The molecular weight excluding hydrogens is 394 g/mol. The third-order valence-electron chi connectivity index (χ3n) is 4.99. The van der Waals surface area contributed by atoms with Crippen molar-refractivity contribution in [2.75, 3.05) is 11.9 Å². The molecule has 7 nitrogen and oxygen atoms in total. The molecule has 0 saturated heterocycles. The average Bonchev–Trinajstić information content (AvgIpc) is 2.96. The van der Waals surface area contributed by atoms with E-state index in [4.69, 9.17) is 4.74 Å². The Labute approximate surface area is 181 Å². The third kappa shape index (κ3) is 5.12. The molecule has 0 aliphatic heterocycles. The van der Waals surface area contributed by atoms with Crippen molar-refractivity contribution in [1.29, 1.82) is 0 Å². The smallest absolute Gasteiger partial charge is 0.338 e. The second kappa shape index (κ2) is 9.47. The van der Waals surface area contributed by atoms with Gasteiger partial charge in [-0.3, -0.25) is 14.3 Å². The van der Waals surface area contributed by atoms with Crippen LogP contribution in [0.2, 0.25) is 0 Å². The molecule has 0 bridgehead atoms. The van der Waals surface area contributed by atoms with Gasteiger partial charge in [0.15, 0.2) is 6.61 Å². The Bertz CT molecular complexity index is 1130. The number of aromatic nitrogens is 2. The van der Waals surface area contributed by atoms with Crippen LogP contribution in [0, 0.1) is 12.8 Å². The van der Waals surface area contributed by atoms with Gasteiger partial charge in [0.25, 0.3) is 11.5 Å². The van der Waals surface area contributed by atoms with Crippen molar-refractivity contribution in [2.24, 2.45) is 13.0 Å². The maximum absolute atomic E-state index is 12.8. The first-order valence-corrected chi connectivity index (χ1v) is 10.2. The zero-order chi connectivity index (χ0) is 22.5. The summed E-state index contributed by atoms with van der Waals surface area (Å²) < 4.78 is 8.25. The third-order valence-corrected chi connectivity index (χ3v) is 4.99. The van der Waals surface area contributed by atoms with Gasteiger partial charge in [-0.2, -0.15) is 0 Å². The Morgan fingerprint density at radius 2 is 1.68 bits per heavy atom. The molecule has 0 atom stereocenters. The van der Waals surface area contributed by atoms with E-state index >= 15 is 0 Å². The van der Waals surface area contributed by atoms with E-state index < -0.39 is 18.5 Å². The molecular formula is C24H27N3O4. The van der Waals surface area contributed by atoms with Crippen LogP contribution in [-0.2, 0) is 23.0 Å². The van der Waals surface area contributed by atoms with Crippen molar-refractivity contribution < 1.29 is 14.3 Å². The van der Waals surface area contributed by atoms with Gasteiger partial charge in [-0.05, 0) is 49.1 Å². The number of anilines is 1. The Morgan fingerprint density at radius 1 is 1.03 bits per heavy atom. The molecule has 0 radical (unpaired) electrons. The first kappa shape index (κ1) is 22.1. The standard InChI is InChI=1S/C24H27N3O4/c1-16(2)14-18-10-12-19(13-11-18)24(30)31-15-21(28)25-22-17(3)26(4)27(23(22)29)20-8-6-5-7-9-20/h5-13,16H,14-15H2,1-4H3,(H,25,28). The van der Waals surface area contributed by atoms with E-state index in [0.29, 0.717) is 22.9 Å². The van der Waals surface area contributed by atoms with Gasteiger partial charge in [0.1, 0.15) is 5.69 Å². The highest BCUT2D eigenvalue weighted by molar-refractivity contribution is 5.95. The molecule has 31 heavy (non-hydrogen) atoms. The highest BCUT2D eigenvalue weighted by Crippen LogP contribution is 2.14. The summed E-state index contributed by atoms with van der Waals surface area (Å²) >= 11 is 0. The maximum atomic E-state index is 12.8. The molecule has 1 amide bonds. The predicted molar refractivity (Wildman–Crippen MR) is 120 cm³/mol. The van der Waals surface area contributed by atoms with Crippen LogP contribution in [0.15, 0.2) is 59.4 Å². The normalized spacial score (nSPS) is 10.9. The van der Waals surface area contributed by atoms with E-state index in [1.54, 1.807) is 42.9 Å². The Hall–Kier alpha value is -3.61. The zero-order valence-corrected chi connectivity index (χ0v) is 18.2. The summed E-state index contributed by atoms with van der Waals surface area (Å²) in [6.07, 6.45) is 0.925. The number of benzene rings is 2. The molecule has 3 rings (SSSR count). The topological polar surface area (TPSA) is 82.3 Å². The number of amides is 1. The zero-order valence-electron chi connectivity index (χ0n) is 18.2. The van der Waals surface area contributed by atoms with Crippen LogP contribution < -0.4 is 10.9 Å². The average molecular weight is 421 g/mol. The van der Waals surface area contributed by atoms with Gasteiger partial charge in [-0.1, -0.05) is 44.2 Å². The summed E-state index contributed by atoms with van der Waals surface area (Å²) in [6, 6.07) is 16.3. The molecule has 1 heterocycles. The number of ether oxygens (including phenoxy) is 1. The number of nitrogens with one attached hydrogen (secondary N) is 1. The molecule has 0 unspecified atom stereocenters. The number of hydrogen-bond donors (Lipinski definition) is 1. The minimum atomic E-state index is -0.585. The van der Waals surface area contributed by atoms with Gasteiger partial charge in [0.05, 0.1) is 16.9 Å². The minimum absolute atomic E-state index is 0.158. The second-order valence-electron chi connectivity index (χ2n) is 7.86. The van der Waals surface area contributed by atoms with Crippen molar-refractivity contribution >= 4 is 17.6 Å². The number of esters is 1. The maximum Gasteiger partial charge on any atom is 0.338 e. The first-order chi connectivity index (χ1) is 14.8. The molecule has 2 aromatic carbocycles. The Morgan fingerprint density at radius 3 is 2.29 bits per heavy atom. The lowest BCUT2D eigenvalue weighted by molar-refractivity contribution is -0.119. The lowest BCUT2D eigenvalue weighted by Crippen LogP contribution is -2.25. The van der Waals surface area contributed by atoms with Gasteiger partial charge in [-0.25, -0.2) is 9.48 Å². The quantitative estimate of drug-likeness (QED) is 0.592. The van der Waals surface area contributed by atoms with Crippen molar-refractivity contribution in [1.82, 2.24) is 9.36 Å². The molecule has 3 aromatic rings. The van der Waals surface area contributed by atoms with Gasteiger partial charge in [0, 0.05) is 7.05 Å². The second-order valence-corrected chi connectivity index (χ2v) is 7.86.